The van der Waals surface area contributed by atoms with E-state index in [-0.39, 0.29) is 53.4 Å². The van der Waals surface area contributed by atoms with Crippen LogP contribution in [0.15, 0.2) is 66.9 Å². The van der Waals surface area contributed by atoms with Crippen molar-refractivity contribution < 1.29 is 37.3 Å². The normalized spacial score (nSPS) is 19.3. The molecule has 0 aliphatic carbocycles. The van der Waals surface area contributed by atoms with Crippen LogP contribution in [0.5, 0.6) is 5.88 Å². The van der Waals surface area contributed by atoms with Gasteiger partial charge in [0.05, 0.1) is 11.4 Å². The second kappa shape index (κ2) is 14.2. The fraction of sp³-hybridized carbons (Fsp3) is 0.400. The number of carbonyl (C=O) groups is 2. The molecule has 2 unspecified atom stereocenters. The van der Waals surface area contributed by atoms with Crippen LogP contribution in [0.3, 0.4) is 0 Å². The molecule has 4 aromatic rings. The van der Waals surface area contributed by atoms with Crippen LogP contribution in [0.2, 0.25) is 10.2 Å². The minimum Gasteiger partial charge on any atom is -0.479 e. The van der Waals surface area contributed by atoms with Gasteiger partial charge in [-0.1, -0.05) is 66.5 Å². The van der Waals surface area contributed by atoms with Crippen LogP contribution in [0, 0.1) is 12.3 Å². The summed E-state index contributed by atoms with van der Waals surface area (Å²) in [4.78, 5) is 37.8. The van der Waals surface area contributed by atoms with E-state index in [4.69, 9.17) is 32.7 Å². The van der Waals surface area contributed by atoms with Gasteiger partial charge in [-0.2, -0.15) is 23.3 Å². The van der Waals surface area contributed by atoms with Gasteiger partial charge < -0.3 is 19.5 Å². The number of aryl methyl sites for hydroxylation is 1. The number of aromatic nitrogens is 4. The number of ether oxygens (including phenoxy) is 2. The van der Waals surface area contributed by atoms with Gasteiger partial charge in [-0.05, 0) is 61.8 Å². The van der Waals surface area contributed by atoms with E-state index in [0.29, 0.717) is 31.6 Å². The average molecular weight is 748 g/mol. The van der Waals surface area contributed by atoms with Gasteiger partial charge in [0, 0.05) is 42.5 Å². The molecular weight excluding hydrogens is 712 g/mol. The van der Waals surface area contributed by atoms with Crippen molar-refractivity contribution in [1.82, 2.24) is 24.6 Å². The number of anilines is 1. The molecule has 0 bridgehead atoms. The third-order valence-electron chi connectivity index (χ3n) is 9.63. The summed E-state index contributed by atoms with van der Waals surface area (Å²) in [6.45, 7) is 4.28. The second-order valence-corrected chi connectivity index (χ2v) is 13.8. The molecule has 1 N–H and O–H groups in total. The monoisotopic (exact) mass is 746 g/mol. The summed E-state index contributed by atoms with van der Waals surface area (Å²) in [7, 11) is 0. The predicted molar refractivity (Wildman–Crippen MR) is 182 cm³/mol. The minimum absolute atomic E-state index is 0.00428. The summed E-state index contributed by atoms with van der Waals surface area (Å²) in [6.07, 6.45) is -5.18. The van der Waals surface area contributed by atoms with Gasteiger partial charge in [0.1, 0.15) is 17.3 Å². The number of amides is 1. The van der Waals surface area contributed by atoms with Crippen molar-refractivity contribution in [3.8, 4) is 11.6 Å². The van der Waals surface area contributed by atoms with Crippen molar-refractivity contribution in [1.29, 1.82) is 0 Å². The van der Waals surface area contributed by atoms with E-state index in [1.54, 1.807) is 24.8 Å². The van der Waals surface area contributed by atoms with Crippen molar-refractivity contribution in [3.63, 3.8) is 0 Å². The largest absolute Gasteiger partial charge is 0.479 e. The number of aliphatic carboxylic acids is 1. The molecule has 6 rings (SSSR count). The molecule has 2 aliphatic rings. The second-order valence-electron chi connectivity index (χ2n) is 13.0. The van der Waals surface area contributed by atoms with Gasteiger partial charge in [-0.15, -0.1) is 0 Å². The zero-order chi connectivity index (χ0) is 36.6. The first-order valence-corrected chi connectivity index (χ1v) is 17.0. The number of carboxylic acids is 1. The maximum atomic E-state index is 14.6. The van der Waals surface area contributed by atoms with E-state index in [1.165, 1.54) is 34.0 Å². The molecule has 11 nitrogen and oxygen atoms in total. The maximum absolute atomic E-state index is 14.6. The maximum Gasteiger partial charge on any atom is 0.429 e. The first-order valence-electron chi connectivity index (χ1n) is 16.3. The highest BCUT2D eigenvalue weighted by molar-refractivity contribution is 6.30. The van der Waals surface area contributed by atoms with Crippen molar-refractivity contribution >= 4 is 41.2 Å². The molecule has 2 aromatic heterocycles. The highest BCUT2D eigenvalue weighted by Crippen LogP contribution is 2.50. The Bertz CT molecular complexity index is 1900. The van der Waals surface area contributed by atoms with E-state index < -0.39 is 41.2 Å². The molecule has 2 aliphatic heterocycles. The van der Waals surface area contributed by atoms with Gasteiger partial charge >= 0.3 is 18.2 Å². The van der Waals surface area contributed by atoms with Crippen LogP contribution in [-0.4, -0.2) is 73.2 Å². The molecule has 2 atom stereocenters. The minimum atomic E-state index is -4.87. The zero-order valence-electron chi connectivity index (χ0n) is 27.7. The van der Waals surface area contributed by atoms with Gasteiger partial charge in [-0.3, -0.25) is 4.90 Å². The van der Waals surface area contributed by atoms with E-state index >= 15 is 0 Å². The average Bonchev–Trinajstić information content (AvgIpc) is 3.68. The molecule has 2 saturated heterocycles. The highest BCUT2D eigenvalue weighted by Gasteiger charge is 2.59. The summed E-state index contributed by atoms with van der Waals surface area (Å²) in [5, 5.41) is 14.7. The van der Waals surface area contributed by atoms with Crippen LogP contribution in [0.4, 0.5) is 23.9 Å². The zero-order valence-corrected chi connectivity index (χ0v) is 29.3. The number of hydrogen-bond acceptors (Lipinski definition) is 8. The molecule has 16 heteroatoms. The summed E-state index contributed by atoms with van der Waals surface area (Å²) in [5.74, 6) is -1.44. The van der Waals surface area contributed by atoms with Crippen molar-refractivity contribution in [3.05, 3.63) is 93.9 Å². The number of likely N-dealkylation sites (tertiary alicyclic amines) is 1. The number of rotatable bonds is 9. The molecule has 1 spiro atoms. The number of benzene rings is 2. The molecule has 4 heterocycles. The summed E-state index contributed by atoms with van der Waals surface area (Å²) in [6, 6.07) is 15.8. The Hall–Kier alpha value is -4.56. The van der Waals surface area contributed by atoms with E-state index in [1.807, 2.05) is 30.3 Å². The topological polar surface area (TPSA) is 123 Å². The summed E-state index contributed by atoms with van der Waals surface area (Å²) in [5.41, 5.74) is -0.788. The Labute approximate surface area is 301 Å². The Morgan fingerprint density at radius 1 is 1.04 bits per heavy atom. The summed E-state index contributed by atoms with van der Waals surface area (Å²) < 4.78 is 56.3. The number of alkyl halides is 3. The van der Waals surface area contributed by atoms with Gasteiger partial charge in [0.2, 0.25) is 17.9 Å². The number of carboxylic acid groups (broad SMARTS) is 1. The van der Waals surface area contributed by atoms with Crippen LogP contribution in [-0.2, 0) is 16.1 Å². The van der Waals surface area contributed by atoms with Crippen LogP contribution < -0.4 is 9.64 Å². The lowest BCUT2D eigenvalue weighted by Gasteiger charge is -2.39. The third-order valence-corrected chi connectivity index (χ3v) is 10.1. The number of piperidine rings is 1. The van der Waals surface area contributed by atoms with E-state index in [2.05, 4.69) is 15.1 Å². The summed E-state index contributed by atoms with van der Waals surface area (Å²) >= 11 is 12.5. The van der Waals surface area contributed by atoms with Gasteiger partial charge in [0.25, 0.3) is 0 Å². The molecule has 51 heavy (non-hydrogen) atoms. The quantitative estimate of drug-likeness (QED) is 0.171. The Kier molecular flexibility index (Phi) is 10.1. The molecule has 1 amide bonds. The van der Waals surface area contributed by atoms with E-state index in [0.717, 1.165) is 11.6 Å². The molecule has 0 radical (unpaired) electrons. The lowest BCUT2D eigenvalue weighted by Crippen LogP contribution is -2.52. The van der Waals surface area contributed by atoms with Crippen molar-refractivity contribution in [2.45, 2.75) is 64.0 Å². The van der Waals surface area contributed by atoms with Crippen molar-refractivity contribution in [2.24, 2.45) is 5.41 Å². The van der Waals surface area contributed by atoms with Crippen LogP contribution in [0.1, 0.15) is 55.5 Å². The lowest BCUT2D eigenvalue weighted by molar-refractivity contribution is -0.198. The number of nitrogens with zero attached hydrogens (tertiary/aromatic N) is 6. The fourth-order valence-corrected chi connectivity index (χ4v) is 7.31. The van der Waals surface area contributed by atoms with Gasteiger partial charge in [0.15, 0.2) is 0 Å². The number of carbonyl (C=O) groups excluding carboxylic acids is 1. The number of halogens is 5. The van der Waals surface area contributed by atoms with Crippen LogP contribution in [0.25, 0.3) is 5.69 Å². The molecule has 0 saturated carbocycles. The number of hydrogen-bond donors (Lipinski definition) is 1. The standard InChI is InChI=1S/C35H35Cl2F3N6O5/c1-3-34(30(47)48)20-33(21-45(34)32(49)50-19-23-7-5-4-6-8-23)12-15-44(16-13-33)31-41-27(37)18-28(42-31)51-29(35(38,39)40)25-10-9-24(36)17-26(25)46-14-11-22(2)43-46/h4-11,14,17-18,29H,3,12-13,15-16,19-21H2,1-2H3,(H,47,48). The Morgan fingerprint density at radius 2 is 1.76 bits per heavy atom. The molecule has 2 fully saturated rings. The fourth-order valence-electron chi connectivity index (χ4n) is 6.97. The molecular formula is C35H35Cl2F3N6O5. The lowest BCUT2D eigenvalue weighted by atomic mass is 9.73. The smallest absolute Gasteiger partial charge is 0.429 e. The predicted octanol–water partition coefficient (Wildman–Crippen LogP) is 7.82. The van der Waals surface area contributed by atoms with Crippen molar-refractivity contribution in [2.75, 3.05) is 24.5 Å². The van der Waals surface area contributed by atoms with Gasteiger partial charge in [-0.25, -0.2) is 19.3 Å². The Morgan fingerprint density at radius 3 is 2.39 bits per heavy atom. The first-order chi connectivity index (χ1) is 24.2. The first kappa shape index (κ1) is 36.2. The molecule has 270 valence electrons. The van der Waals surface area contributed by atoms with E-state index in [9.17, 15) is 27.9 Å². The molecule has 2 aromatic carbocycles. The SMILES string of the molecule is CCC1(C(=O)O)CC2(CCN(c3nc(Cl)cc(OC(c4ccc(Cl)cc4-n4ccc(C)n4)C(F)(F)F)n3)CC2)CN1C(=O)OCc1ccccc1. The third kappa shape index (κ3) is 7.57. The highest BCUT2D eigenvalue weighted by atomic mass is 35.5. The Balaban J connectivity index is 1.21. The van der Waals surface area contributed by atoms with Crippen LogP contribution >= 0.6 is 23.2 Å².